The summed E-state index contributed by atoms with van der Waals surface area (Å²) in [6.45, 7) is 3.47. The Morgan fingerprint density at radius 2 is 2.00 bits per heavy atom. The SMILES string of the molecule is COC(=O)c1cnc(N2CCC3(CCc4c3nc(C)[nH]c4=O)CC2)cn1. The summed E-state index contributed by atoms with van der Waals surface area (Å²) in [5.41, 5.74) is 2.05. The third-order valence-corrected chi connectivity index (χ3v) is 5.57. The molecule has 4 rings (SSSR count). The molecule has 0 radical (unpaired) electrons. The molecule has 0 amide bonds. The van der Waals surface area contributed by atoms with Gasteiger partial charge in [0, 0.05) is 24.1 Å². The molecule has 26 heavy (non-hydrogen) atoms. The van der Waals surface area contributed by atoms with E-state index in [9.17, 15) is 9.59 Å². The summed E-state index contributed by atoms with van der Waals surface area (Å²) in [5, 5.41) is 0. The van der Waals surface area contributed by atoms with E-state index in [0.717, 1.165) is 55.8 Å². The van der Waals surface area contributed by atoms with Crippen LogP contribution in [0, 0.1) is 6.92 Å². The highest BCUT2D eigenvalue weighted by molar-refractivity contribution is 5.86. The van der Waals surface area contributed by atoms with Gasteiger partial charge in [-0.25, -0.2) is 19.7 Å². The van der Waals surface area contributed by atoms with Gasteiger partial charge in [0.15, 0.2) is 5.69 Å². The number of hydrogen-bond acceptors (Lipinski definition) is 7. The van der Waals surface area contributed by atoms with Crippen molar-refractivity contribution >= 4 is 11.8 Å². The molecule has 3 heterocycles. The predicted octanol–water partition coefficient (Wildman–Crippen LogP) is 1.14. The zero-order chi connectivity index (χ0) is 18.3. The summed E-state index contributed by atoms with van der Waals surface area (Å²) in [6.07, 6.45) is 6.68. The topological polar surface area (TPSA) is 101 Å². The maximum absolute atomic E-state index is 12.2. The molecule has 1 aliphatic heterocycles. The molecule has 1 N–H and O–H groups in total. The first-order valence-electron chi connectivity index (χ1n) is 8.78. The van der Waals surface area contributed by atoms with Gasteiger partial charge in [-0.2, -0.15) is 0 Å². The molecule has 0 unspecified atom stereocenters. The predicted molar refractivity (Wildman–Crippen MR) is 94.4 cm³/mol. The number of anilines is 1. The summed E-state index contributed by atoms with van der Waals surface area (Å²) in [4.78, 5) is 41.8. The molecule has 8 heteroatoms. The maximum atomic E-state index is 12.2. The van der Waals surface area contributed by atoms with E-state index in [-0.39, 0.29) is 16.7 Å². The monoisotopic (exact) mass is 355 g/mol. The van der Waals surface area contributed by atoms with Crippen molar-refractivity contribution in [3.05, 3.63) is 45.5 Å². The largest absolute Gasteiger partial charge is 0.464 e. The number of H-pyrrole nitrogens is 1. The summed E-state index contributed by atoms with van der Waals surface area (Å²) in [6, 6.07) is 0. The molecular weight excluding hydrogens is 334 g/mol. The molecule has 0 atom stereocenters. The Labute approximate surface area is 150 Å². The fourth-order valence-electron chi connectivity index (χ4n) is 4.11. The Morgan fingerprint density at radius 3 is 2.65 bits per heavy atom. The van der Waals surface area contributed by atoms with Crippen LogP contribution in [-0.2, 0) is 16.6 Å². The molecule has 2 aromatic rings. The van der Waals surface area contributed by atoms with Crippen molar-refractivity contribution in [2.75, 3.05) is 25.1 Å². The molecule has 1 fully saturated rings. The number of carbonyl (C=O) groups is 1. The van der Waals surface area contributed by atoms with Crippen LogP contribution in [0.5, 0.6) is 0 Å². The number of aromatic nitrogens is 4. The first kappa shape index (κ1) is 16.7. The lowest BCUT2D eigenvalue weighted by atomic mass is 9.76. The van der Waals surface area contributed by atoms with Crippen LogP contribution < -0.4 is 10.5 Å². The third kappa shape index (κ3) is 2.65. The zero-order valence-corrected chi connectivity index (χ0v) is 14.9. The number of hydrogen-bond donors (Lipinski definition) is 1. The van der Waals surface area contributed by atoms with Crippen molar-refractivity contribution in [1.29, 1.82) is 0 Å². The minimum atomic E-state index is -0.490. The molecule has 8 nitrogen and oxygen atoms in total. The Morgan fingerprint density at radius 1 is 1.23 bits per heavy atom. The number of piperidine rings is 1. The van der Waals surface area contributed by atoms with E-state index >= 15 is 0 Å². The van der Waals surface area contributed by atoms with Crippen LogP contribution in [0.2, 0.25) is 0 Å². The van der Waals surface area contributed by atoms with Gasteiger partial charge in [-0.15, -0.1) is 0 Å². The highest BCUT2D eigenvalue weighted by atomic mass is 16.5. The Kier molecular flexibility index (Phi) is 3.97. The summed E-state index contributed by atoms with van der Waals surface area (Å²) in [5.74, 6) is 0.943. The van der Waals surface area contributed by atoms with Crippen LogP contribution >= 0.6 is 0 Å². The molecule has 0 saturated carbocycles. The number of aryl methyl sites for hydroxylation is 1. The number of nitrogens with one attached hydrogen (secondary N) is 1. The number of esters is 1. The number of aromatic amines is 1. The van der Waals surface area contributed by atoms with Crippen molar-refractivity contribution in [1.82, 2.24) is 19.9 Å². The van der Waals surface area contributed by atoms with E-state index in [1.165, 1.54) is 13.3 Å². The van der Waals surface area contributed by atoms with E-state index in [0.29, 0.717) is 5.82 Å². The van der Waals surface area contributed by atoms with Gasteiger partial charge >= 0.3 is 5.97 Å². The highest BCUT2D eigenvalue weighted by Crippen LogP contribution is 2.44. The van der Waals surface area contributed by atoms with Crippen LogP contribution in [0.1, 0.15) is 46.8 Å². The summed E-state index contributed by atoms with van der Waals surface area (Å²) < 4.78 is 4.65. The maximum Gasteiger partial charge on any atom is 0.358 e. The van der Waals surface area contributed by atoms with Crippen LogP contribution in [0.4, 0.5) is 5.82 Å². The minimum Gasteiger partial charge on any atom is -0.464 e. The quantitative estimate of drug-likeness (QED) is 0.806. The first-order chi connectivity index (χ1) is 12.5. The summed E-state index contributed by atoms with van der Waals surface area (Å²) >= 11 is 0. The Balaban J connectivity index is 1.52. The van der Waals surface area contributed by atoms with Gasteiger partial charge in [-0.3, -0.25) is 4.79 Å². The molecule has 136 valence electrons. The van der Waals surface area contributed by atoms with Crippen molar-refractivity contribution in [3.63, 3.8) is 0 Å². The number of nitrogens with zero attached hydrogens (tertiary/aromatic N) is 4. The van der Waals surface area contributed by atoms with E-state index < -0.39 is 5.97 Å². The summed E-state index contributed by atoms with van der Waals surface area (Å²) in [7, 11) is 1.32. The average Bonchev–Trinajstić information content (AvgIpc) is 3.00. The highest BCUT2D eigenvalue weighted by Gasteiger charge is 2.44. The lowest BCUT2D eigenvalue weighted by Crippen LogP contribution is -2.42. The molecule has 0 aromatic carbocycles. The molecule has 1 spiro atoms. The van der Waals surface area contributed by atoms with E-state index in [4.69, 9.17) is 0 Å². The zero-order valence-electron chi connectivity index (χ0n) is 14.9. The third-order valence-electron chi connectivity index (χ3n) is 5.57. The Hall–Kier alpha value is -2.77. The number of ether oxygens (including phenoxy) is 1. The number of fused-ring (bicyclic) bond motifs is 2. The minimum absolute atomic E-state index is 0.00968. The van der Waals surface area contributed by atoms with Crippen LogP contribution in [0.3, 0.4) is 0 Å². The molecule has 2 aromatic heterocycles. The molecule has 1 aliphatic carbocycles. The number of carbonyl (C=O) groups excluding carboxylic acids is 1. The second kappa shape index (κ2) is 6.19. The fourth-order valence-corrected chi connectivity index (χ4v) is 4.11. The second-order valence-corrected chi connectivity index (χ2v) is 7.00. The molecule has 0 bridgehead atoms. The average molecular weight is 355 g/mol. The van der Waals surface area contributed by atoms with E-state index in [1.807, 2.05) is 6.92 Å². The van der Waals surface area contributed by atoms with Crippen molar-refractivity contribution < 1.29 is 9.53 Å². The van der Waals surface area contributed by atoms with Gasteiger partial charge in [-0.05, 0) is 32.6 Å². The second-order valence-electron chi connectivity index (χ2n) is 7.00. The molecule has 1 saturated heterocycles. The van der Waals surface area contributed by atoms with E-state index in [1.54, 1.807) is 6.20 Å². The Bertz CT molecular complexity index is 898. The normalized spacial score (nSPS) is 18.0. The number of rotatable bonds is 2. The van der Waals surface area contributed by atoms with Gasteiger partial charge in [0.25, 0.3) is 5.56 Å². The van der Waals surface area contributed by atoms with Gasteiger partial charge in [0.2, 0.25) is 0 Å². The molecular formula is C18H21N5O3. The van der Waals surface area contributed by atoms with Crippen LogP contribution in [-0.4, -0.2) is 46.1 Å². The number of methoxy groups -OCH3 is 1. The van der Waals surface area contributed by atoms with Crippen LogP contribution in [0.25, 0.3) is 0 Å². The van der Waals surface area contributed by atoms with Crippen molar-refractivity contribution in [2.45, 2.75) is 38.0 Å². The fraction of sp³-hybridized carbons (Fsp3) is 0.500. The van der Waals surface area contributed by atoms with Gasteiger partial charge in [-0.1, -0.05) is 0 Å². The van der Waals surface area contributed by atoms with Gasteiger partial charge in [0.1, 0.15) is 11.6 Å². The van der Waals surface area contributed by atoms with Gasteiger partial charge in [0.05, 0.1) is 25.2 Å². The van der Waals surface area contributed by atoms with Gasteiger partial charge < -0.3 is 14.6 Å². The standard InChI is InChI=1S/C18H21N5O3/c1-11-21-15-12(16(24)22-11)3-4-18(15)5-7-23(8-6-18)14-10-19-13(9-20-14)17(25)26-2/h9-10H,3-8H2,1-2H3,(H,21,22,24). The smallest absolute Gasteiger partial charge is 0.358 e. The first-order valence-corrected chi connectivity index (χ1v) is 8.78. The van der Waals surface area contributed by atoms with Crippen molar-refractivity contribution in [3.8, 4) is 0 Å². The van der Waals surface area contributed by atoms with Crippen LogP contribution in [0.15, 0.2) is 17.2 Å². The lowest BCUT2D eigenvalue weighted by Gasteiger charge is -2.39. The molecule has 2 aliphatic rings. The lowest BCUT2D eigenvalue weighted by molar-refractivity contribution is 0.0593. The van der Waals surface area contributed by atoms with Crippen molar-refractivity contribution in [2.24, 2.45) is 0 Å². The van der Waals surface area contributed by atoms with E-state index in [2.05, 4.69) is 29.6 Å².